The molecule has 0 aromatic rings. The monoisotopic (exact) mass is 144 g/mol. The number of carbonyl (C=O) groups is 1. The molecule has 0 N–H and O–H groups in total. The predicted molar refractivity (Wildman–Crippen MR) is 40.0 cm³/mol. The summed E-state index contributed by atoms with van der Waals surface area (Å²) >= 11 is 0. The van der Waals surface area contributed by atoms with Gasteiger partial charge in [-0.3, -0.25) is 4.79 Å². The Morgan fingerprint density at radius 1 is 1.50 bits per heavy atom. The molecule has 0 heterocycles. The molecule has 0 unspecified atom stereocenters. The Bertz CT molecular complexity index is 115. The second-order valence-electron chi connectivity index (χ2n) is 3.06. The van der Waals surface area contributed by atoms with Crippen LogP contribution in [0.1, 0.15) is 20.8 Å². The summed E-state index contributed by atoms with van der Waals surface area (Å²) in [6.07, 6.45) is 0. The SMILES string of the molecule is C[N-]CC(=O)OC(C)(C)C. The van der Waals surface area contributed by atoms with Crippen LogP contribution >= 0.6 is 0 Å². The fourth-order valence-electron chi connectivity index (χ4n) is 0.503. The average molecular weight is 144 g/mol. The molecule has 0 rings (SSSR count). The van der Waals surface area contributed by atoms with E-state index < -0.39 is 0 Å². The number of esters is 1. The van der Waals surface area contributed by atoms with Gasteiger partial charge in [0.15, 0.2) is 0 Å². The normalized spacial score (nSPS) is 11.2. The van der Waals surface area contributed by atoms with Crippen LogP contribution in [0.2, 0.25) is 0 Å². The summed E-state index contributed by atoms with van der Waals surface area (Å²) in [5, 5.41) is 3.65. The van der Waals surface area contributed by atoms with E-state index in [1.807, 2.05) is 20.8 Å². The lowest BCUT2D eigenvalue weighted by molar-refractivity contribution is -0.152. The summed E-state index contributed by atoms with van der Waals surface area (Å²) in [6, 6.07) is 0. The molecule has 3 heteroatoms. The minimum Gasteiger partial charge on any atom is -0.656 e. The highest BCUT2D eigenvalue weighted by Gasteiger charge is 2.12. The molecule has 0 aromatic heterocycles. The molecule has 0 aliphatic heterocycles. The second kappa shape index (κ2) is 3.56. The molecule has 0 spiro atoms. The van der Waals surface area contributed by atoms with E-state index in [9.17, 15) is 4.79 Å². The van der Waals surface area contributed by atoms with Gasteiger partial charge in [0.25, 0.3) is 5.97 Å². The van der Waals surface area contributed by atoms with E-state index in [1.165, 1.54) is 0 Å². The van der Waals surface area contributed by atoms with Gasteiger partial charge in [0.1, 0.15) is 5.60 Å². The van der Waals surface area contributed by atoms with E-state index in [2.05, 4.69) is 5.32 Å². The molecule has 0 fully saturated rings. The molecule has 10 heavy (non-hydrogen) atoms. The van der Waals surface area contributed by atoms with Gasteiger partial charge in [-0.2, -0.15) is 7.05 Å². The van der Waals surface area contributed by atoms with Crippen LogP contribution in [0.5, 0.6) is 0 Å². The Morgan fingerprint density at radius 2 is 2.00 bits per heavy atom. The maximum Gasteiger partial charge on any atom is 0.285 e. The number of likely N-dealkylation sites (N-methyl/N-ethyl adjacent to an activating group) is 1. The largest absolute Gasteiger partial charge is 0.656 e. The molecule has 0 saturated carbocycles. The molecule has 0 bridgehead atoms. The zero-order chi connectivity index (χ0) is 8.20. The number of hydrogen-bond acceptors (Lipinski definition) is 2. The van der Waals surface area contributed by atoms with Crippen molar-refractivity contribution in [2.75, 3.05) is 13.6 Å². The molecule has 0 radical (unpaired) electrons. The van der Waals surface area contributed by atoms with Gasteiger partial charge < -0.3 is 10.1 Å². The first-order chi connectivity index (χ1) is 4.45. The van der Waals surface area contributed by atoms with Crippen LogP contribution in [0.25, 0.3) is 5.32 Å². The van der Waals surface area contributed by atoms with Crippen LogP contribution in [0, 0.1) is 0 Å². The van der Waals surface area contributed by atoms with Crippen molar-refractivity contribution >= 4 is 5.97 Å². The zero-order valence-corrected chi connectivity index (χ0v) is 6.97. The predicted octanol–water partition coefficient (Wildman–Crippen LogP) is 1.33. The third-order valence-electron chi connectivity index (χ3n) is 0.707. The van der Waals surface area contributed by atoms with Crippen LogP contribution in [-0.2, 0) is 9.53 Å². The van der Waals surface area contributed by atoms with Gasteiger partial charge in [-0.1, -0.05) is 0 Å². The summed E-state index contributed by atoms with van der Waals surface area (Å²) in [4.78, 5) is 10.7. The fourth-order valence-corrected chi connectivity index (χ4v) is 0.503. The highest BCUT2D eigenvalue weighted by Crippen LogP contribution is 2.06. The number of hydrogen-bond donors (Lipinski definition) is 0. The summed E-state index contributed by atoms with van der Waals surface area (Å²) in [6.45, 7) is 5.65. The van der Waals surface area contributed by atoms with Crippen LogP contribution in [0.4, 0.5) is 0 Å². The molecule has 0 aliphatic carbocycles. The van der Waals surface area contributed by atoms with Crippen molar-refractivity contribution in [2.45, 2.75) is 26.4 Å². The molecule has 0 saturated heterocycles. The molecule has 0 aromatic carbocycles. The van der Waals surface area contributed by atoms with Crippen molar-refractivity contribution in [3.8, 4) is 0 Å². The van der Waals surface area contributed by atoms with Crippen LogP contribution in [-0.4, -0.2) is 25.2 Å². The van der Waals surface area contributed by atoms with E-state index in [0.717, 1.165) is 0 Å². The van der Waals surface area contributed by atoms with Gasteiger partial charge in [-0.15, -0.1) is 0 Å². The highest BCUT2D eigenvalue weighted by molar-refractivity contribution is 5.74. The van der Waals surface area contributed by atoms with Gasteiger partial charge in [0.05, 0.1) is 0 Å². The quantitative estimate of drug-likeness (QED) is 0.548. The third kappa shape index (κ3) is 5.56. The Labute approximate surface area is 61.8 Å². The molecular formula is C7H14NO2-. The number of rotatable bonds is 2. The van der Waals surface area contributed by atoms with Crippen LogP contribution < -0.4 is 0 Å². The van der Waals surface area contributed by atoms with Gasteiger partial charge in [-0.25, -0.2) is 0 Å². The maximum atomic E-state index is 10.7. The Kier molecular flexibility index (Phi) is 3.36. The molecule has 0 amide bonds. The first-order valence-corrected chi connectivity index (χ1v) is 3.23. The standard InChI is InChI=1S/C7H14NO2/c1-7(2,3)10-6(9)5-8-4/h5H2,1-4H3/q-1. The van der Waals surface area contributed by atoms with Crippen molar-refractivity contribution in [3.63, 3.8) is 0 Å². The zero-order valence-electron chi connectivity index (χ0n) is 6.97. The minimum atomic E-state index is -0.387. The second-order valence-corrected chi connectivity index (χ2v) is 3.06. The van der Waals surface area contributed by atoms with Crippen molar-refractivity contribution in [1.82, 2.24) is 0 Å². The lowest BCUT2D eigenvalue weighted by Crippen LogP contribution is -2.25. The average Bonchev–Trinajstić information content (AvgIpc) is 1.59. The highest BCUT2D eigenvalue weighted by atomic mass is 16.6. The molecule has 60 valence electrons. The molecule has 3 nitrogen and oxygen atoms in total. The maximum absolute atomic E-state index is 10.7. The number of carbonyl (C=O) groups excluding carboxylic acids is 1. The minimum absolute atomic E-state index is 0.150. The number of ether oxygens (including phenoxy) is 1. The Morgan fingerprint density at radius 3 is 2.30 bits per heavy atom. The summed E-state index contributed by atoms with van der Waals surface area (Å²) in [5.41, 5.74) is -0.387. The van der Waals surface area contributed by atoms with E-state index >= 15 is 0 Å². The van der Waals surface area contributed by atoms with Crippen LogP contribution in [0.15, 0.2) is 0 Å². The fraction of sp³-hybridized carbons (Fsp3) is 0.857. The van der Waals surface area contributed by atoms with Crippen molar-refractivity contribution in [2.24, 2.45) is 0 Å². The van der Waals surface area contributed by atoms with E-state index in [0.29, 0.717) is 0 Å². The van der Waals surface area contributed by atoms with Gasteiger partial charge >= 0.3 is 0 Å². The van der Waals surface area contributed by atoms with Crippen molar-refractivity contribution in [1.29, 1.82) is 0 Å². The third-order valence-corrected chi connectivity index (χ3v) is 0.707. The van der Waals surface area contributed by atoms with Crippen LogP contribution in [0.3, 0.4) is 0 Å². The van der Waals surface area contributed by atoms with Gasteiger partial charge in [0.2, 0.25) is 0 Å². The van der Waals surface area contributed by atoms with E-state index in [-0.39, 0.29) is 18.1 Å². The first-order valence-electron chi connectivity index (χ1n) is 3.23. The van der Waals surface area contributed by atoms with Gasteiger partial charge in [0, 0.05) is 0 Å². The molecule has 0 atom stereocenters. The summed E-state index contributed by atoms with van der Waals surface area (Å²) in [5.74, 6) is -0.269. The van der Waals surface area contributed by atoms with Gasteiger partial charge in [-0.05, 0) is 27.3 Å². The molecular weight excluding hydrogens is 130 g/mol. The topological polar surface area (TPSA) is 40.4 Å². The summed E-state index contributed by atoms with van der Waals surface area (Å²) < 4.78 is 4.95. The van der Waals surface area contributed by atoms with Crippen molar-refractivity contribution in [3.05, 3.63) is 5.32 Å². The smallest absolute Gasteiger partial charge is 0.285 e. The van der Waals surface area contributed by atoms with E-state index in [4.69, 9.17) is 4.74 Å². The van der Waals surface area contributed by atoms with E-state index in [1.54, 1.807) is 7.05 Å². The lowest BCUT2D eigenvalue weighted by atomic mass is 10.2. The van der Waals surface area contributed by atoms with Crippen molar-refractivity contribution < 1.29 is 9.53 Å². The molecule has 0 aliphatic rings. The Hall–Kier alpha value is -0.570. The summed E-state index contributed by atoms with van der Waals surface area (Å²) in [7, 11) is 1.59. The first kappa shape index (κ1) is 9.43. The Balaban J connectivity index is 3.58. The number of nitrogens with zero attached hydrogens (tertiary/aromatic N) is 1. The lowest BCUT2D eigenvalue weighted by Gasteiger charge is -2.21.